The van der Waals surface area contributed by atoms with Gasteiger partial charge in [0.1, 0.15) is 0 Å². The van der Waals surface area contributed by atoms with Crippen LogP contribution in [0, 0.1) is 0 Å². The Labute approximate surface area is 121 Å². The molecule has 1 aliphatic heterocycles. The molecular formula is C15H26N4O. The molecule has 5 nitrogen and oxygen atoms in total. The smallest absolute Gasteiger partial charge is 0.222 e. The van der Waals surface area contributed by atoms with E-state index in [1.807, 2.05) is 22.8 Å². The third kappa shape index (κ3) is 3.82. The molecule has 1 fully saturated rings. The van der Waals surface area contributed by atoms with Gasteiger partial charge in [0.15, 0.2) is 0 Å². The molecule has 0 saturated carbocycles. The van der Waals surface area contributed by atoms with E-state index >= 15 is 0 Å². The lowest BCUT2D eigenvalue weighted by Crippen LogP contribution is -2.38. The number of hydrogen-bond acceptors (Lipinski definition) is 3. The highest BCUT2D eigenvalue weighted by atomic mass is 16.2. The molecule has 0 aromatic carbocycles. The molecule has 5 heteroatoms. The van der Waals surface area contributed by atoms with Crippen molar-refractivity contribution in [1.29, 1.82) is 0 Å². The molecule has 0 atom stereocenters. The summed E-state index contributed by atoms with van der Waals surface area (Å²) in [5, 5.41) is 7.43. The van der Waals surface area contributed by atoms with Crippen molar-refractivity contribution in [1.82, 2.24) is 20.0 Å². The summed E-state index contributed by atoms with van der Waals surface area (Å²) < 4.78 is 1.98. The third-order valence-electron chi connectivity index (χ3n) is 4.11. The molecular weight excluding hydrogens is 252 g/mol. The first-order valence-electron chi connectivity index (χ1n) is 7.69. The largest absolute Gasteiger partial charge is 0.343 e. The number of rotatable bonds is 6. The number of nitrogens with zero attached hydrogens (tertiary/aromatic N) is 3. The number of piperidine rings is 1. The van der Waals surface area contributed by atoms with E-state index < -0.39 is 0 Å². The summed E-state index contributed by atoms with van der Waals surface area (Å²) >= 11 is 0. The topological polar surface area (TPSA) is 50.2 Å². The zero-order valence-corrected chi connectivity index (χ0v) is 12.6. The van der Waals surface area contributed by atoms with E-state index in [4.69, 9.17) is 0 Å². The molecule has 0 spiro atoms. The van der Waals surface area contributed by atoms with Gasteiger partial charge in [-0.25, -0.2) is 0 Å². The standard InChI is InChI=1S/C15H26N4O/c1-3-19-12-14(11-17-19)13-6-9-18(10-7-13)15(20)5-4-8-16-2/h11-13,16H,3-10H2,1-2H3. The van der Waals surface area contributed by atoms with Crippen molar-refractivity contribution >= 4 is 5.91 Å². The van der Waals surface area contributed by atoms with Crippen LogP contribution in [-0.2, 0) is 11.3 Å². The maximum atomic E-state index is 12.0. The Bertz CT molecular complexity index is 421. The van der Waals surface area contributed by atoms with Gasteiger partial charge < -0.3 is 10.2 Å². The van der Waals surface area contributed by atoms with Crippen molar-refractivity contribution in [2.45, 2.75) is 45.1 Å². The van der Waals surface area contributed by atoms with Crippen LogP contribution in [0.2, 0.25) is 0 Å². The molecule has 2 rings (SSSR count). The van der Waals surface area contributed by atoms with Crippen molar-refractivity contribution in [3.63, 3.8) is 0 Å². The number of carbonyl (C=O) groups is 1. The van der Waals surface area contributed by atoms with E-state index in [2.05, 4.69) is 23.5 Å². The average molecular weight is 278 g/mol. The molecule has 1 amide bonds. The number of aromatic nitrogens is 2. The van der Waals surface area contributed by atoms with E-state index in [0.29, 0.717) is 18.2 Å². The van der Waals surface area contributed by atoms with Gasteiger partial charge in [-0.15, -0.1) is 0 Å². The van der Waals surface area contributed by atoms with Crippen LogP contribution in [0.3, 0.4) is 0 Å². The number of hydrogen-bond donors (Lipinski definition) is 1. The summed E-state index contributed by atoms with van der Waals surface area (Å²) in [5.41, 5.74) is 1.33. The molecule has 0 radical (unpaired) electrons. The summed E-state index contributed by atoms with van der Waals surface area (Å²) in [5.74, 6) is 0.875. The summed E-state index contributed by atoms with van der Waals surface area (Å²) in [6, 6.07) is 0. The van der Waals surface area contributed by atoms with Crippen LogP contribution in [0.4, 0.5) is 0 Å². The fourth-order valence-corrected chi connectivity index (χ4v) is 2.80. The van der Waals surface area contributed by atoms with E-state index in [9.17, 15) is 4.79 Å². The molecule has 112 valence electrons. The second-order valence-electron chi connectivity index (χ2n) is 5.49. The number of amides is 1. The number of nitrogens with one attached hydrogen (secondary N) is 1. The van der Waals surface area contributed by atoms with Gasteiger partial charge in [0.05, 0.1) is 6.20 Å². The van der Waals surface area contributed by atoms with Crippen molar-refractivity contribution in [2.75, 3.05) is 26.7 Å². The number of likely N-dealkylation sites (tertiary alicyclic amines) is 1. The molecule has 0 aliphatic carbocycles. The van der Waals surface area contributed by atoms with Crippen LogP contribution in [0.1, 0.15) is 44.1 Å². The predicted octanol–water partition coefficient (Wildman–Crippen LogP) is 1.61. The third-order valence-corrected chi connectivity index (χ3v) is 4.11. The maximum absolute atomic E-state index is 12.0. The fourth-order valence-electron chi connectivity index (χ4n) is 2.80. The molecule has 1 saturated heterocycles. The highest BCUT2D eigenvalue weighted by Crippen LogP contribution is 2.27. The Morgan fingerprint density at radius 1 is 1.45 bits per heavy atom. The molecule has 1 aromatic rings. The zero-order chi connectivity index (χ0) is 14.4. The second kappa shape index (κ2) is 7.43. The molecule has 1 aromatic heterocycles. The quantitative estimate of drug-likeness (QED) is 0.804. The first-order chi connectivity index (χ1) is 9.74. The van der Waals surface area contributed by atoms with Gasteiger partial charge in [0.2, 0.25) is 5.91 Å². The Balaban J connectivity index is 1.78. The Morgan fingerprint density at radius 2 is 2.20 bits per heavy atom. The minimum Gasteiger partial charge on any atom is -0.343 e. The summed E-state index contributed by atoms with van der Waals surface area (Å²) in [7, 11) is 1.92. The first-order valence-corrected chi connectivity index (χ1v) is 7.69. The summed E-state index contributed by atoms with van der Waals surface area (Å²) in [4.78, 5) is 14.1. The van der Waals surface area contributed by atoms with Crippen LogP contribution in [-0.4, -0.2) is 47.3 Å². The van der Waals surface area contributed by atoms with Gasteiger partial charge in [-0.3, -0.25) is 9.48 Å². The zero-order valence-electron chi connectivity index (χ0n) is 12.6. The summed E-state index contributed by atoms with van der Waals surface area (Å²) in [6.07, 6.45) is 7.85. The SMILES string of the molecule is CCn1cc(C2CCN(C(=O)CCCNC)CC2)cn1. The van der Waals surface area contributed by atoms with Gasteiger partial charge in [-0.2, -0.15) is 5.10 Å². The van der Waals surface area contributed by atoms with E-state index in [1.165, 1.54) is 5.56 Å². The number of carbonyl (C=O) groups excluding carboxylic acids is 1. The van der Waals surface area contributed by atoms with Gasteiger partial charge >= 0.3 is 0 Å². The molecule has 1 aliphatic rings. The first kappa shape index (κ1) is 15.0. The monoisotopic (exact) mass is 278 g/mol. The van der Waals surface area contributed by atoms with Crippen molar-refractivity contribution in [3.05, 3.63) is 18.0 Å². The van der Waals surface area contributed by atoms with Crippen molar-refractivity contribution in [3.8, 4) is 0 Å². The van der Waals surface area contributed by atoms with Crippen molar-refractivity contribution < 1.29 is 4.79 Å². The Morgan fingerprint density at radius 3 is 2.80 bits per heavy atom. The normalized spacial score (nSPS) is 16.6. The van der Waals surface area contributed by atoms with Crippen LogP contribution in [0.25, 0.3) is 0 Å². The summed E-state index contributed by atoms with van der Waals surface area (Å²) in [6.45, 7) is 5.71. The van der Waals surface area contributed by atoms with Crippen LogP contribution in [0.5, 0.6) is 0 Å². The molecule has 0 bridgehead atoms. The lowest BCUT2D eigenvalue weighted by Gasteiger charge is -2.31. The molecule has 20 heavy (non-hydrogen) atoms. The van der Waals surface area contributed by atoms with Crippen LogP contribution < -0.4 is 5.32 Å². The predicted molar refractivity (Wildman–Crippen MR) is 79.6 cm³/mol. The minimum absolute atomic E-state index is 0.308. The number of aryl methyl sites for hydroxylation is 1. The Hall–Kier alpha value is -1.36. The molecule has 1 N–H and O–H groups in total. The van der Waals surface area contributed by atoms with E-state index in [-0.39, 0.29) is 0 Å². The van der Waals surface area contributed by atoms with Gasteiger partial charge in [0.25, 0.3) is 0 Å². The lowest BCUT2D eigenvalue weighted by molar-refractivity contribution is -0.132. The fraction of sp³-hybridized carbons (Fsp3) is 0.733. The van der Waals surface area contributed by atoms with Gasteiger partial charge in [-0.05, 0) is 51.3 Å². The van der Waals surface area contributed by atoms with Gasteiger partial charge in [-0.1, -0.05) is 0 Å². The van der Waals surface area contributed by atoms with E-state index in [1.54, 1.807) is 0 Å². The highest BCUT2D eigenvalue weighted by Gasteiger charge is 2.24. The maximum Gasteiger partial charge on any atom is 0.222 e. The second-order valence-corrected chi connectivity index (χ2v) is 5.49. The van der Waals surface area contributed by atoms with Crippen LogP contribution in [0.15, 0.2) is 12.4 Å². The van der Waals surface area contributed by atoms with Crippen LogP contribution >= 0.6 is 0 Å². The average Bonchev–Trinajstić information content (AvgIpc) is 2.96. The van der Waals surface area contributed by atoms with E-state index in [0.717, 1.165) is 45.4 Å². The molecule has 0 unspecified atom stereocenters. The van der Waals surface area contributed by atoms with Crippen molar-refractivity contribution in [2.24, 2.45) is 0 Å². The van der Waals surface area contributed by atoms with Gasteiger partial charge in [0, 0.05) is 32.3 Å². The highest BCUT2D eigenvalue weighted by molar-refractivity contribution is 5.76. The molecule has 2 heterocycles. The minimum atomic E-state index is 0.308. The lowest BCUT2D eigenvalue weighted by atomic mass is 9.91. The Kier molecular flexibility index (Phi) is 5.59.